The first-order chi connectivity index (χ1) is 11.6. The van der Waals surface area contributed by atoms with E-state index >= 15 is 0 Å². The predicted octanol–water partition coefficient (Wildman–Crippen LogP) is 1.92. The van der Waals surface area contributed by atoms with Crippen LogP contribution in [0.25, 0.3) is 0 Å². The van der Waals surface area contributed by atoms with Crippen molar-refractivity contribution in [3.63, 3.8) is 0 Å². The van der Waals surface area contributed by atoms with Crippen molar-refractivity contribution >= 4 is 5.91 Å². The van der Waals surface area contributed by atoms with Crippen LogP contribution >= 0.6 is 0 Å². The molecule has 3 heterocycles. The largest absolute Gasteiger partial charge is 0.370 e. The Bertz CT molecular complexity index is 670. The van der Waals surface area contributed by atoms with Gasteiger partial charge in [-0.25, -0.2) is 9.97 Å². The Morgan fingerprint density at radius 3 is 2.75 bits per heavy atom. The topological polar surface area (TPSA) is 92.8 Å². The highest BCUT2D eigenvalue weighted by molar-refractivity contribution is 5.79. The second-order valence-corrected chi connectivity index (χ2v) is 6.17. The van der Waals surface area contributed by atoms with Crippen LogP contribution < -0.4 is 5.32 Å². The quantitative estimate of drug-likeness (QED) is 0.874. The zero-order valence-electron chi connectivity index (χ0n) is 14.1. The molecule has 0 spiro atoms. The molecule has 7 nitrogen and oxygen atoms in total. The van der Waals surface area contributed by atoms with Crippen molar-refractivity contribution in [1.29, 1.82) is 0 Å². The molecule has 0 bridgehead atoms. The lowest BCUT2D eigenvalue weighted by Gasteiger charge is -2.21. The van der Waals surface area contributed by atoms with Crippen molar-refractivity contribution in [3.8, 4) is 0 Å². The Morgan fingerprint density at radius 1 is 1.33 bits per heavy atom. The molecule has 1 fully saturated rings. The molecule has 1 amide bonds. The lowest BCUT2D eigenvalue weighted by Crippen LogP contribution is -2.25. The number of H-pyrrole nitrogens is 1. The van der Waals surface area contributed by atoms with Gasteiger partial charge in [0.2, 0.25) is 5.91 Å². The van der Waals surface area contributed by atoms with Gasteiger partial charge < -0.3 is 10.1 Å². The molecule has 0 saturated carbocycles. The number of aromatic amines is 1. The standard InChI is InChI=1S/C17H23N5O2/c1-11-14(12(2)22-21-11)7-16(23)18-8-13-9-19-17(20-10-13)15-5-3-4-6-24-15/h9-10,15H,3-8H2,1-2H3,(H,18,23)(H,21,22). The average Bonchev–Trinajstić information content (AvgIpc) is 2.93. The summed E-state index contributed by atoms with van der Waals surface area (Å²) < 4.78 is 5.68. The molecular weight excluding hydrogens is 306 g/mol. The van der Waals surface area contributed by atoms with Crippen molar-refractivity contribution in [2.45, 2.75) is 52.2 Å². The Labute approximate surface area is 141 Å². The molecule has 24 heavy (non-hydrogen) atoms. The number of nitrogens with zero attached hydrogens (tertiary/aromatic N) is 3. The first-order valence-electron chi connectivity index (χ1n) is 8.33. The summed E-state index contributed by atoms with van der Waals surface area (Å²) in [5.41, 5.74) is 3.63. The Balaban J connectivity index is 1.52. The number of ether oxygens (including phenoxy) is 1. The predicted molar refractivity (Wildman–Crippen MR) is 88.2 cm³/mol. The number of aromatic nitrogens is 4. The molecule has 2 aromatic rings. The van der Waals surface area contributed by atoms with E-state index in [1.807, 2.05) is 13.8 Å². The normalized spacial score (nSPS) is 17.7. The van der Waals surface area contributed by atoms with Gasteiger partial charge in [-0.3, -0.25) is 9.89 Å². The van der Waals surface area contributed by atoms with E-state index in [-0.39, 0.29) is 12.0 Å². The summed E-state index contributed by atoms with van der Waals surface area (Å²) in [6, 6.07) is 0. The van der Waals surface area contributed by atoms with Crippen LogP contribution in [-0.2, 0) is 22.5 Å². The Hall–Kier alpha value is -2.28. The van der Waals surface area contributed by atoms with Gasteiger partial charge in [-0.15, -0.1) is 0 Å². The number of carbonyl (C=O) groups is 1. The van der Waals surface area contributed by atoms with E-state index in [2.05, 4.69) is 25.5 Å². The van der Waals surface area contributed by atoms with Crippen LogP contribution in [0.15, 0.2) is 12.4 Å². The van der Waals surface area contributed by atoms with E-state index in [1.165, 1.54) is 0 Å². The van der Waals surface area contributed by atoms with E-state index in [0.29, 0.717) is 13.0 Å². The Morgan fingerprint density at radius 2 is 2.12 bits per heavy atom. The van der Waals surface area contributed by atoms with Crippen molar-refractivity contribution < 1.29 is 9.53 Å². The summed E-state index contributed by atoms with van der Waals surface area (Å²) >= 11 is 0. The number of carbonyl (C=O) groups excluding carboxylic acids is 1. The highest BCUT2D eigenvalue weighted by Gasteiger charge is 2.18. The molecule has 7 heteroatoms. The molecule has 1 aliphatic heterocycles. The molecule has 1 aliphatic rings. The molecule has 0 aromatic carbocycles. The van der Waals surface area contributed by atoms with Crippen molar-refractivity contribution in [3.05, 3.63) is 40.7 Å². The molecule has 128 valence electrons. The molecule has 1 unspecified atom stereocenters. The second-order valence-electron chi connectivity index (χ2n) is 6.17. The maximum Gasteiger partial charge on any atom is 0.224 e. The van der Waals surface area contributed by atoms with Crippen LogP contribution in [0.3, 0.4) is 0 Å². The zero-order chi connectivity index (χ0) is 16.9. The second kappa shape index (κ2) is 7.53. The number of amides is 1. The molecule has 3 rings (SSSR count). The number of aryl methyl sites for hydroxylation is 2. The van der Waals surface area contributed by atoms with Crippen molar-refractivity contribution in [2.24, 2.45) is 0 Å². The fraction of sp³-hybridized carbons (Fsp3) is 0.529. The van der Waals surface area contributed by atoms with Gasteiger partial charge in [0, 0.05) is 42.4 Å². The third kappa shape index (κ3) is 3.97. The van der Waals surface area contributed by atoms with Gasteiger partial charge in [0.25, 0.3) is 0 Å². The van der Waals surface area contributed by atoms with Gasteiger partial charge in [-0.2, -0.15) is 5.10 Å². The molecular formula is C17H23N5O2. The van der Waals surface area contributed by atoms with Gasteiger partial charge in [0.05, 0.1) is 12.1 Å². The SMILES string of the molecule is Cc1n[nH]c(C)c1CC(=O)NCc1cnc(C2CCCCO2)nc1. The smallest absolute Gasteiger partial charge is 0.224 e. The number of hydrogen-bond donors (Lipinski definition) is 2. The zero-order valence-corrected chi connectivity index (χ0v) is 14.1. The first kappa shape index (κ1) is 16.6. The summed E-state index contributed by atoms with van der Waals surface area (Å²) in [6.45, 7) is 5.01. The van der Waals surface area contributed by atoms with Gasteiger partial charge in [0.1, 0.15) is 6.10 Å². The minimum atomic E-state index is -0.0395. The third-order valence-corrected chi connectivity index (χ3v) is 4.30. The highest BCUT2D eigenvalue weighted by Crippen LogP contribution is 2.24. The minimum Gasteiger partial charge on any atom is -0.370 e. The summed E-state index contributed by atoms with van der Waals surface area (Å²) in [6.07, 6.45) is 7.08. The van der Waals surface area contributed by atoms with Gasteiger partial charge in [-0.05, 0) is 33.1 Å². The monoisotopic (exact) mass is 329 g/mol. The number of nitrogens with one attached hydrogen (secondary N) is 2. The van der Waals surface area contributed by atoms with E-state index < -0.39 is 0 Å². The molecule has 0 aliphatic carbocycles. The van der Waals surface area contributed by atoms with E-state index in [0.717, 1.165) is 54.2 Å². The van der Waals surface area contributed by atoms with Crippen LogP contribution in [-0.4, -0.2) is 32.7 Å². The fourth-order valence-corrected chi connectivity index (χ4v) is 2.82. The van der Waals surface area contributed by atoms with E-state index in [4.69, 9.17) is 4.74 Å². The third-order valence-electron chi connectivity index (χ3n) is 4.30. The van der Waals surface area contributed by atoms with Crippen LogP contribution in [0, 0.1) is 13.8 Å². The average molecular weight is 329 g/mol. The Kier molecular flexibility index (Phi) is 5.20. The molecule has 1 saturated heterocycles. The van der Waals surface area contributed by atoms with Gasteiger partial charge in [-0.1, -0.05) is 0 Å². The minimum absolute atomic E-state index is 0.00873. The van der Waals surface area contributed by atoms with Gasteiger partial charge >= 0.3 is 0 Å². The lowest BCUT2D eigenvalue weighted by molar-refractivity contribution is -0.120. The van der Waals surface area contributed by atoms with Crippen LogP contribution in [0.4, 0.5) is 0 Å². The summed E-state index contributed by atoms with van der Waals surface area (Å²) in [7, 11) is 0. The molecule has 2 aromatic heterocycles. The first-order valence-corrected chi connectivity index (χ1v) is 8.33. The van der Waals surface area contributed by atoms with Crippen LogP contribution in [0.1, 0.15) is 53.7 Å². The molecule has 0 radical (unpaired) electrons. The van der Waals surface area contributed by atoms with E-state index in [1.54, 1.807) is 12.4 Å². The summed E-state index contributed by atoms with van der Waals surface area (Å²) in [5, 5.41) is 9.90. The molecule has 2 N–H and O–H groups in total. The van der Waals surface area contributed by atoms with Gasteiger partial charge in [0.15, 0.2) is 5.82 Å². The molecule has 1 atom stereocenters. The fourth-order valence-electron chi connectivity index (χ4n) is 2.82. The van der Waals surface area contributed by atoms with E-state index in [9.17, 15) is 4.79 Å². The van der Waals surface area contributed by atoms with Crippen LogP contribution in [0.2, 0.25) is 0 Å². The van der Waals surface area contributed by atoms with Crippen molar-refractivity contribution in [2.75, 3.05) is 6.61 Å². The lowest BCUT2D eigenvalue weighted by atomic mass is 10.1. The summed E-state index contributed by atoms with van der Waals surface area (Å²) in [5.74, 6) is 0.691. The highest BCUT2D eigenvalue weighted by atomic mass is 16.5. The maximum atomic E-state index is 12.1. The van der Waals surface area contributed by atoms with Crippen molar-refractivity contribution in [1.82, 2.24) is 25.5 Å². The summed E-state index contributed by atoms with van der Waals surface area (Å²) in [4.78, 5) is 20.9. The number of hydrogen-bond acceptors (Lipinski definition) is 5. The van der Waals surface area contributed by atoms with Crippen LogP contribution in [0.5, 0.6) is 0 Å². The number of rotatable bonds is 5. The maximum absolute atomic E-state index is 12.1.